The average molecular weight is 400 g/mol. The number of unbranched alkanes of at least 4 members (excludes halogenated alkanes) is 2. The summed E-state index contributed by atoms with van der Waals surface area (Å²) in [7, 11) is 3.85. The fraction of sp³-hybridized carbons (Fsp3) is 0.571. The zero-order valence-electron chi connectivity index (χ0n) is 18.4. The smallest absolute Gasteiger partial charge is 0.333 e. The van der Waals surface area contributed by atoms with E-state index in [0.29, 0.717) is 23.3 Å². The van der Waals surface area contributed by atoms with E-state index in [0.717, 1.165) is 25.8 Å². The predicted octanol–water partition coefficient (Wildman–Crippen LogP) is 3.91. The molecular weight excluding hydrogens is 362 g/mol. The number of ether oxygens (including phenoxy) is 1. The lowest BCUT2D eigenvalue weighted by molar-refractivity contribution is -0.139. The first-order valence-corrected chi connectivity index (χ1v) is 9.14. The summed E-state index contributed by atoms with van der Waals surface area (Å²) in [5, 5.41) is 16.5. The topological polar surface area (TPSA) is 104 Å². The second-order valence-electron chi connectivity index (χ2n) is 6.33. The van der Waals surface area contributed by atoms with E-state index in [1.54, 1.807) is 39.8 Å². The molecule has 0 unspecified atom stereocenters. The molecule has 0 aliphatic carbocycles. The van der Waals surface area contributed by atoms with Gasteiger partial charge in [0.15, 0.2) is 0 Å². The third-order valence-corrected chi connectivity index (χ3v) is 3.24. The summed E-state index contributed by atoms with van der Waals surface area (Å²) in [6.07, 6.45) is 6.40. The minimum absolute atomic E-state index is 0.313. The molecule has 0 radical (unpaired) electrons. The second-order valence-corrected chi connectivity index (χ2v) is 6.33. The van der Waals surface area contributed by atoms with E-state index in [4.69, 9.17) is 14.9 Å². The third kappa shape index (κ3) is 23.6. The number of likely N-dealkylation sites (N-methyl/N-ethyl adjacent to an activating group) is 1. The zero-order valence-corrected chi connectivity index (χ0v) is 18.4. The molecule has 0 aromatic rings. The number of allylic oxidation sites excluding steroid dienone is 2. The van der Waals surface area contributed by atoms with E-state index in [9.17, 15) is 14.4 Å². The zero-order chi connectivity index (χ0) is 22.7. The van der Waals surface area contributed by atoms with Crippen molar-refractivity contribution in [2.75, 3.05) is 27.2 Å². The first-order chi connectivity index (χ1) is 12.9. The van der Waals surface area contributed by atoms with Gasteiger partial charge in [-0.25, -0.2) is 14.4 Å². The van der Waals surface area contributed by atoms with Crippen molar-refractivity contribution < 1.29 is 29.3 Å². The van der Waals surface area contributed by atoms with Crippen LogP contribution in [0, 0.1) is 0 Å². The van der Waals surface area contributed by atoms with Crippen molar-refractivity contribution in [1.82, 2.24) is 4.90 Å². The predicted molar refractivity (Wildman–Crippen MR) is 112 cm³/mol. The standard InChI is InChI=1S/C8H15NO2.C8H14O2.C5H8O2/c1-7(2)8(10)11-6-5-9(3)4;1-3-4-5-6-7(2)8(9)10;1-3-4(2)5(6)7/h1,5-6H2,2-4H3;6H,3-5H2,1-2H3,(H,9,10);3H,1-2H3,(H,6,7)/b;7-6+;4-3+. The normalized spacial score (nSPS) is 10.9. The van der Waals surface area contributed by atoms with Crippen molar-refractivity contribution in [2.45, 2.75) is 53.9 Å². The SMILES string of the molecule is C/C=C(\C)C(=O)O.C=C(C)C(=O)OCCN(C)C.CCCC/C=C(\C)C(=O)O. The number of carboxylic acid groups (broad SMARTS) is 2. The molecule has 0 aliphatic rings. The number of esters is 1. The molecule has 0 aromatic heterocycles. The molecule has 7 nitrogen and oxygen atoms in total. The Kier molecular flexibility index (Phi) is 21.0. The van der Waals surface area contributed by atoms with E-state index in [2.05, 4.69) is 13.5 Å². The lowest BCUT2D eigenvalue weighted by atomic mass is 10.2. The quantitative estimate of drug-likeness (QED) is 0.344. The van der Waals surface area contributed by atoms with Gasteiger partial charge in [-0.2, -0.15) is 0 Å². The Bertz CT molecular complexity index is 547. The van der Waals surface area contributed by atoms with Crippen LogP contribution < -0.4 is 0 Å². The number of carboxylic acids is 2. The Balaban J connectivity index is -0.000000343. The van der Waals surface area contributed by atoms with Gasteiger partial charge in [-0.1, -0.05) is 38.5 Å². The summed E-state index contributed by atoms with van der Waals surface area (Å²) in [5.74, 6) is -1.97. The van der Waals surface area contributed by atoms with Gasteiger partial charge in [0.1, 0.15) is 6.61 Å². The molecule has 0 heterocycles. The van der Waals surface area contributed by atoms with E-state index < -0.39 is 11.9 Å². The van der Waals surface area contributed by atoms with Crippen LogP contribution in [0.15, 0.2) is 35.5 Å². The maximum absolute atomic E-state index is 10.8. The van der Waals surface area contributed by atoms with Crippen LogP contribution in [0.25, 0.3) is 0 Å². The van der Waals surface area contributed by atoms with E-state index >= 15 is 0 Å². The van der Waals surface area contributed by atoms with Gasteiger partial charge in [0.2, 0.25) is 0 Å². The summed E-state index contributed by atoms with van der Waals surface area (Å²) in [4.78, 5) is 32.8. The van der Waals surface area contributed by atoms with Crippen molar-refractivity contribution in [3.8, 4) is 0 Å². The molecule has 162 valence electrons. The van der Waals surface area contributed by atoms with Crippen molar-refractivity contribution in [3.05, 3.63) is 35.5 Å². The highest BCUT2D eigenvalue weighted by atomic mass is 16.5. The van der Waals surface area contributed by atoms with Crippen molar-refractivity contribution in [3.63, 3.8) is 0 Å². The van der Waals surface area contributed by atoms with Crippen LogP contribution in [0.5, 0.6) is 0 Å². The molecule has 0 rings (SSSR count). The molecule has 0 aromatic carbocycles. The van der Waals surface area contributed by atoms with Crippen molar-refractivity contribution >= 4 is 17.9 Å². The van der Waals surface area contributed by atoms with E-state index in [1.165, 1.54) is 0 Å². The Morgan fingerprint density at radius 3 is 1.82 bits per heavy atom. The number of nitrogens with zero attached hydrogens (tertiary/aromatic N) is 1. The van der Waals surface area contributed by atoms with Gasteiger partial charge in [0.05, 0.1) is 0 Å². The minimum atomic E-state index is -0.845. The number of hydrogen-bond donors (Lipinski definition) is 2. The van der Waals surface area contributed by atoms with E-state index in [-0.39, 0.29) is 5.97 Å². The van der Waals surface area contributed by atoms with Gasteiger partial charge in [-0.15, -0.1) is 0 Å². The van der Waals surface area contributed by atoms with Crippen LogP contribution in [0.1, 0.15) is 53.9 Å². The number of rotatable bonds is 9. The summed E-state index contributed by atoms with van der Waals surface area (Å²) < 4.78 is 4.83. The first kappa shape index (κ1) is 30.3. The third-order valence-electron chi connectivity index (χ3n) is 3.24. The molecule has 0 fully saturated rings. The van der Waals surface area contributed by atoms with Gasteiger partial charge in [0.25, 0.3) is 0 Å². The lowest BCUT2D eigenvalue weighted by Crippen LogP contribution is -2.20. The maximum atomic E-state index is 10.8. The van der Waals surface area contributed by atoms with Gasteiger partial charge in [-0.3, -0.25) is 0 Å². The van der Waals surface area contributed by atoms with Crippen LogP contribution in [0.4, 0.5) is 0 Å². The molecule has 28 heavy (non-hydrogen) atoms. The molecule has 7 heteroatoms. The highest BCUT2D eigenvalue weighted by molar-refractivity contribution is 5.87. The van der Waals surface area contributed by atoms with Gasteiger partial charge < -0.3 is 19.8 Å². The molecule has 0 saturated heterocycles. The second kappa shape index (κ2) is 19.4. The number of hydrogen-bond acceptors (Lipinski definition) is 5. The molecular formula is C21H37NO6. The molecule has 0 atom stereocenters. The maximum Gasteiger partial charge on any atom is 0.333 e. The molecule has 0 saturated carbocycles. The summed E-state index contributed by atoms with van der Waals surface area (Å²) in [6.45, 7) is 13.2. The van der Waals surface area contributed by atoms with Crippen LogP contribution >= 0.6 is 0 Å². The molecule has 0 aliphatic heterocycles. The van der Waals surface area contributed by atoms with Gasteiger partial charge >= 0.3 is 17.9 Å². The fourth-order valence-corrected chi connectivity index (χ4v) is 1.18. The molecule has 0 bridgehead atoms. The summed E-state index contributed by atoms with van der Waals surface area (Å²) in [5.41, 5.74) is 1.29. The van der Waals surface area contributed by atoms with Gasteiger partial charge in [0, 0.05) is 23.3 Å². The summed E-state index contributed by atoms with van der Waals surface area (Å²) >= 11 is 0. The number of carbonyl (C=O) groups is 3. The fourth-order valence-electron chi connectivity index (χ4n) is 1.18. The number of carbonyl (C=O) groups excluding carboxylic acids is 1. The largest absolute Gasteiger partial charge is 0.478 e. The van der Waals surface area contributed by atoms with Crippen molar-refractivity contribution in [1.29, 1.82) is 0 Å². The molecule has 0 spiro atoms. The monoisotopic (exact) mass is 399 g/mol. The molecule has 2 N–H and O–H groups in total. The average Bonchev–Trinajstić information content (AvgIpc) is 2.61. The van der Waals surface area contributed by atoms with Crippen LogP contribution in [-0.4, -0.2) is 60.3 Å². The number of aliphatic carboxylic acids is 2. The minimum Gasteiger partial charge on any atom is -0.478 e. The highest BCUT2D eigenvalue weighted by Gasteiger charge is 2.01. The van der Waals surface area contributed by atoms with Gasteiger partial charge in [-0.05, 0) is 48.2 Å². The summed E-state index contributed by atoms with van der Waals surface area (Å²) in [6, 6.07) is 0. The van der Waals surface area contributed by atoms with Crippen LogP contribution in [-0.2, 0) is 19.1 Å². The Morgan fingerprint density at radius 2 is 1.54 bits per heavy atom. The Hall–Kier alpha value is -2.41. The van der Waals surface area contributed by atoms with Crippen LogP contribution in [0.2, 0.25) is 0 Å². The molecule has 0 amide bonds. The first-order valence-electron chi connectivity index (χ1n) is 9.14. The lowest BCUT2D eigenvalue weighted by Gasteiger charge is -2.09. The van der Waals surface area contributed by atoms with Crippen LogP contribution in [0.3, 0.4) is 0 Å². The Morgan fingerprint density at radius 1 is 1.04 bits per heavy atom. The highest BCUT2D eigenvalue weighted by Crippen LogP contribution is 2.00. The van der Waals surface area contributed by atoms with E-state index in [1.807, 2.05) is 19.0 Å². The Labute approximate surface area is 169 Å². The van der Waals surface area contributed by atoms with Crippen molar-refractivity contribution in [2.24, 2.45) is 0 Å².